The number of nitrogens with one attached hydrogen (secondary N) is 3. The van der Waals surface area contributed by atoms with Crippen LogP contribution >= 0.6 is 0 Å². The number of hydrogen-bond donors (Lipinski definition) is 3. The summed E-state index contributed by atoms with van der Waals surface area (Å²) >= 11 is 0. The third kappa shape index (κ3) is 7.00. The van der Waals surface area contributed by atoms with E-state index < -0.39 is 47.4 Å². The molecule has 1 saturated heterocycles. The van der Waals surface area contributed by atoms with E-state index in [0.29, 0.717) is 5.57 Å². The van der Waals surface area contributed by atoms with E-state index in [0.717, 1.165) is 11.1 Å². The SMILES string of the molecule is C/C(=C\c1ccccc1)C(=O)N[C@@H](CC(=O)N[C@H](C(=O)[C@@H]1C(=O)NC(=O)[C@H]1C)C(C)C)c1ccccc1. The summed E-state index contributed by atoms with van der Waals surface area (Å²) in [6, 6.07) is 16.9. The van der Waals surface area contributed by atoms with Gasteiger partial charge in [0.1, 0.15) is 5.92 Å². The van der Waals surface area contributed by atoms with Gasteiger partial charge in [0, 0.05) is 5.57 Å². The zero-order valence-corrected chi connectivity index (χ0v) is 21.5. The lowest BCUT2D eigenvalue weighted by atomic mass is 9.85. The van der Waals surface area contributed by atoms with Crippen LogP contribution in [0.15, 0.2) is 66.2 Å². The summed E-state index contributed by atoms with van der Waals surface area (Å²) in [5, 5.41) is 7.86. The number of carbonyl (C=O) groups excluding carboxylic acids is 5. The molecule has 8 heteroatoms. The molecule has 194 valence electrons. The molecule has 4 atom stereocenters. The van der Waals surface area contributed by atoms with Crippen LogP contribution in [0.25, 0.3) is 6.08 Å². The number of carbonyl (C=O) groups is 5. The molecule has 1 aliphatic rings. The molecule has 4 amide bonds. The summed E-state index contributed by atoms with van der Waals surface area (Å²) in [6.07, 6.45) is 1.65. The van der Waals surface area contributed by atoms with Gasteiger partial charge in [0.2, 0.25) is 23.6 Å². The van der Waals surface area contributed by atoms with Crippen molar-refractivity contribution in [2.45, 2.75) is 46.2 Å². The van der Waals surface area contributed by atoms with Crippen LogP contribution in [0.1, 0.15) is 51.3 Å². The molecule has 3 N–H and O–H groups in total. The fourth-order valence-corrected chi connectivity index (χ4v) is 4.32. The van der Waals surface area contributed by atoms with Gasteiger partial charge in [-0.25, -0.2) is 0 Å². The largest absolute Gasteiger partial charge is 0.346 e. The molecule has 1 aliphatic heterocycles. The molecule has 1 heterocycles. The van der Waals surface area contributed by atoms with Crippen molar-refractivity contribution in [3.8, 4) is 0 Å². The third-order valence-corrected chi connectivity index (χ3v) is 6.48. The maximum atomic E-state index is 13.2. The summed E-state index contributed by atoms with van der Waals surface area (Å²) in [5.74, 6) is -4.67. The second kappa shape index (κ2) is 12.3. The highest BCUT2D eigenvalue weighted by atomic mass is 16.2. The van der Waals surface area contributed by atoms with Crippen LogP contribution in [0.3, 0.4) is 0 Å². The van der Waals surface area contributed by atoms with Gasteiger partial charge in [0.15, 0.2) is 5.78 Å². The summed E-state index contributed by atoms with van der Waals surface area (Å²) in [7, 11) is 0. The minimum Gasteiger partial charge on any atom is -0.346 e. The van der Waals surface area contributed by atoms with Crippen LogP contribution in [0.5, 0.6) is 0 Å². The van der Waals surface area contributed by atoms with Crippen molar-refractivity contribution in [1.82, 2.24) is 16.0 Å². The summed E-state index contributed by atoms with van der Waals surface area (Å²) in [5.41, 5.74) is 2.10. The Morgan fingerprint density at radius 2 is 1.51 bits per heavy atom. The standard InChI is InChI=1S/C29H33N3O5/c1-17(2)25(26(34)24-19(4)28(36)32-29(24)37)31-23(33)16-22(21-13-9-6-10-14-21)30-27(35)18(3)15-20-11-7-5-8-12-20/h5-15,17,19,22,24-25H,16H2,1-4H3,(H,30,35)(H,31,33)(H,32,36,37)/b18-15+/t19-,22-,24+,25-/m0/s1. The number of rotatable bonds is 10. The Bertz CT molecular complexity index is 1190. The average molecular weight is 504 g/mol. The number of hydrogen-bond acceptors (Lipinski definition) is 5. The molecule has 8 nitrogen and oxygen atoms in total. The molecular formula is C29H33N3O5. The Morgan fingerprint density at radius 1 is 0.919 bits per heavy atom. The van der Waals surface area contributed by atoms with Gasteiger partial charge < -0.3 is 10.6 Å². The second-order valence-corrected chi connectivity index (χ2v) is 9.69. The molecule has 0 aromatic heterocycles. The van der Waals surface area contributed by atoms with Crippen LogP contribution in [-0.4, -0.2) is 35.5 Å². The molecule has 3 rings (SSSR count). The van der Waals surface area contributed by atoms with E-state index in [1.165, 1.54) is 6.92 Å². The topological polar surface area (TPSA) is 121 Å². The first-order valence-electron chi connectivity index (χ1n) is 12.4. The average Bonchev–Trinajstić information content (AvgIpc) is 3.13. The maximum absolute atomic E-state index is 13.2. The zero-order valence-electron chi connectivity index (χ0n) is 21.5. The number of imide groups is 1. The molecule has 0 saturated carbocycles. The highest BCUT2D eigenvalue weighted by Crippen LogP contribution is 2.24. The summed E-state index contributed by atoms with van der Waals surface area (Å²) < 4.78 is 0. The van der Waals surface area contributed by atoms with Gasteiger partial charge in [-0.1, -0.05) is 81.4 Å². The third-order valence-electron chi connectivity index (χ3n) is 6.48. The van der Waals surface area contributed by atoms with Crippen molar-refractivity contribution in [2.75, 3.05) is 0 Å². The molecule has 0 spiro atoms. The van der Waals surface area contributed by atoms with Crippen molar-refractivity contribution in [3.63, 3.8) is 0 Å². The predicted octanol–water partition coefficient (Wildman–Crippen LogP) is 2.96. The van der Waals surface area contributed by atoms with Gasteiger partial charge >= 0.3 is 0 Å². The first-order chi connectivity index (χ1) is 17.6. The normalized spacial score (nSPS) is 19.2. The molecule has 1 fully saturated rings. The maximum Gasteiger partial charge on any atom is 0.247 e. The van der Waals surface area contributed by atoms with Crippen LogP contribution in [0.4, 0.5) is 0 Å². The lowest BCUT2D eigenvalue weighted by Gasteiger charge is -2.26. The van der Waals surface area contributed by atoms with Crippen LogP contribution in [0, 0.1) is 17.8 Å². The van der Waals surface area contributed by atoms with E-state index in [2.05, 4.69) is 16.0 Å². The van der Waals surface area contributed by atoms with E-state index in [-0.39, 0.29) is 18.2 Å². The Hall–Kier alpha value is -4.07. The van der Waals surface area contributed by atoms with Gasteiger partial charge in [-0.3, -0.25) is 29.3 Å². The molecule has 0 bridgehead atoms. The Balaban J connectivity index is 1.76. The van der Waals surface area contributed by atoms with Crippen molar-refractivity contribution in [2.24, 2.45) is 17.8 Å². The van der Waals surface area contributed by atoms with Gasteiger partial charge in [-0.15, -0.1) is 0 Å². The minimum absolute atomic E-state index is 0.115. The fraction of sp³-hybridized carbons (Fsp3) is 0.345. The van der Waals surface area contributed by atoms with Gasteiger partial charge in [-0.05, 0) is 30.0 Å². The van der Waals surface area contributed by atoms with Crippen LogP contribution in [0.2, 0.25) is 0 Å². The molecular weight excluding hydrogens is 470 g/mol. The number of amides is 4. The smallest absolute Gasteiger partial charge is 0.247 e. The van der Waals surface area contributed by atoms with Gasteiger partial charge in [0.05, 0.1) is 24.4 Å². The van der Waals surface area contributed by atoms with Crippen molar-refractivity contribution in [1.29, 1.82) is 0 Å². The minimum atomic E-state index is -1.14. The van der Waals surface area contributed by atoms with Crippen molar-refractivity contribution in [3.05, 3.63) is 77.4 Å². The molecule has 0 unspecified atom stereocenters. The molecule has 0 aliphatic carbocycles. The quantitative estimate of drug-likeness (QED) is 0.262. The number of benzene rings is 2. The van der Waals surface area contributed by atoms with Gasteiger partial charge in [-0.2, -0.15) is 0 Å². The Kier molecular flexibility index (Phi) is 9.11. The highest BCUT2D eigenvalue weighted by molar-refractivity contribution is 6.16. The Morgan fingerprint density at radius 3 is 2.05 bits per heavy atom. The molecule has 0 radical (unpaired) electrons. The van der Waals surface area contributed by atoms with E-state index in [1.54, 1.807) is 26.8 Å². The predicted molar refractivity (Wildman–Crippen MR) is 140 cm³/mol. The number of Topliss-reactive ketones (excluding diaryl/α,β-unsaturated/α-hetero) is 1. The van der Waals surface area contributed by atoms with Crippen molar-refractivity contribution >= 4 is 35.5 Å². The van der Waals surface area contributed by atoms with E-state index in [9.17, 15) is 24.0 Å². The first kappa shape index (κ1) is 27.5. The van der Waals surface area contributed by atoms with Crippen LogP contribution in [-0.2, 0) is 24.0 Å². The Labute approximate surface area is 216 Å². The number of ketones is 1. The lowest BCUT2D eigenvalue weighted by Crippen LogP contribution is -2.49. The van der Waals surface area contributed by atoms with E-state index >= 15 is 0 Å². The lowest BCUT2D eigenvalue weighted by molar-refractivity contribution is -0.137. The fourth-order valence-electron chi connectivity index (χ4n) is 4.32. The second-order valence-electron chi connectivity index (χ2n) is 9.69. The monoisotopic (exact) mass is 503 g/mol. The first-order valence-corrected chi connectivity index (χ1v) is 12.4. The highest BCUT2D eigenvalue weighted by Gasteiger charge is 2.46. The van der Waals surface area contributed by atoms with E-state index in [4.69, 9.17) is 0 Å². The molecule has 2 aromatic rings. The molecule has 37 heavy (non-hydrogen) atoms. The summed E-state index contributed by atoms with van der Waals surface area (Å²) in [6.45, 7) is 6.74. The van der Waals surface area contributed by atoms with Crippen molar-refractivity contribution < 1.29 is 24.0 Å². The van der Waals surface area contributed by atoms with Crippen LogP contribution < -0.4 is 16.0 Å². The van der Waals surface area contributed by atoms with E-state index in [1.807, 2.05) is 60.7 Å². The van der Waals surface area contributed by atoms with Gasteiger partial charge in [0.25, 0.3) is 0 Å². The zero-order chi connectivity index (χ0) is 27.1. The molecule has 2 aromatic carbocycles. The summed E-state index contributed by atoms with van der Waals surface area (Å²) in [4.78, 5) is 63.4.